The van der Waals surface area contributed by atoms with E-state index in [2.05, 4.69) is 38.7 Å². The summed E-state index contributed by atoms with van der Waals surface area (Å²) in [6.45, 7) is 6.67. The highest BCUT2D eigenvalue weighted by Gasteiger charge is 2.16. The number of phenols is 1. The van der Waals surface area contributed by atoms with Gasteiger partial charge in [0.25, 0.3) is 0 Å². The van der Waals surface area contributed by atoms with Crippen LogP contribution in [-0.4, -0.2) is 5.11 Å². The summed E-state index contributed by atoms with van der Waals surface area (Å²) in [5.41, 5.74) is 3.45. The van der Waals surface area contributed by atoms with Crippen molar-refractivity contribution in [2.45, 2.75) is 52.4 Å². The first-order valence-corrected chi connectivity index (χ1v) is 9.87. The van der Waals surface area contributed by atoms with Gasteiger partial charge in [-0.1, -0.05) is 57.1 Å². The molecule has 2 aromatic carbocycles. The van der Waals surface area contributed by atoms with E-state index in [1.165, 1.54) is 6.07 Å². The fraction of sp³-hybridized carbons (Fsp3) is 0.375. The van der Waals surface area contributed by atoms with Gasteiger partial charge in [-0.3, -0.25) is 0 Å². The van der Waals surface area contributed by atoms with Crippen molar-refractivity contribution in [3.05, 3.63) is 63.7 Å². The number of benzene rings is 2. The van der Waals surface area contributed by atoms with E-state index in [1.54, 1.807) is 12.1 Å². The van der Waals surface area contributed by atoms with Crippen LogP contribution in [0.5, 0.6) is 5.75 Å². The minimum absolute atomic E-state index is 0.126. The van der Waals surface area contributed by atoms with Crippen molar-refractivity contribution in [1.82, 2.24) is 0 Å². The van der Waals surface area contributed by atoms with Crippen molar-refractivity contribution >= 4 is 11.6 Å². The molecule has 0 saturated carbocycles. The van der Waals surface area contributed by atoms with Crippen LogP contribution in [0.2, 0.25) is 5.02 Å². The molecule has 3 heteroatoms. The highest BCUT2D eigenvalue weighted by Crippen LogP contribution is 2.31. The second kappa shape index (κ2) is 10.1. The molecule has 2 nitrogen and oxygen atoms in total. The summed E-state index contributed by atoms with van der Waals surface area (Å²) in [6.07, 6.45) is 4.42. The highest BCUT2D eigenvalue weighted by atomic mass is 35.5. The first kappa shape index (κ1) is 20.9. The third-order valence-electron chi connectivity index (χ3n) is 4.63. The predicted octanol–water partition coefficient (Wildman–Crippen LogP) is 6.64. The average molecular weight is 380 g/mol. The Labute approximate surface area is 167 Å². The molecule has 1 unspecified atom stereocenters. The number of nitriles is 1. The standard InChI is InChI=1S/C24H26ClNO/c1-4-5-19(8-6-17(2)3)23-14-18(16-26)7-9-20(23)10-11-21-12-13-22(27)15-24(21)25/h7,9,12-15,17,19,27H,4-6,8H2,1-3H3. The van der Waals surface area contributed by atoms with E-state index in [0.29, 0.717) is 28.0 Å². The Balaban J connectivity index is 2.44. The number of hydrogen-bond donors (Lipinski definition) is 1. The smallest absolute Gasteiger partial charge is 0.117 e. The molecule has 0 amide bonds. The maximum atomic E-state index is 9.50. The molecular weight excluding hydrogens is 354 g/mol. The molecule has 0 aromatic heterocycles. The van der Waals surface area contributed by atoms with Crippen LogP contribution >= 0.6 is 11.6 Å². The molecule has 0 fully saturated rings. The monoisotopic (exact) mass is 379 g/mol. The molecule has 0 radical (unpaired) electrons. The Bertz CT molecular complexity index is 883. The molecule has 0 saturated heterocycles. The van der Waals surface area contributed by atoms with Crippen LogP contribution in [-0.2, 0) is 0 Å². The third kappa shape index (κ3) is 6.06. The Morgan fingerprint density at radius 1 is 1.00 bits per heavy atom. The second-order valence-corrected chi connectivity index (χ2v) is 7.69. The number of halogens is 1. The lowest BCUT2D eigenvalue weighted by Crippen LogP contribution is -2.04. The zero-order valence-corrected chi connectivity index (χ0v) is 17.0. The molecule has 0 aliphatic carbocycles. The molecule has 0 spiro atoms. The summed E-state index contributed by atoms with van der Waals surface area (Å²) in [7, 11) is 0. The van der Waals surface area contributed by atoms with E-state index < -0.39 is 0 Å². The third-order valence-corrected chi connectivity index (χ3v) is 4.95. The number of aromatic hydroxyl groups is 1. The average Bonchev–Trinajstić information content (AvgIpc) is 2.64. The van der Waals surface area contributed by atoms with Crippen LogP contribution in [0.1, 0.15) is 74.6 Å². The fourth-order valence-corrected chi connectivity index (χ4v) is 3.38. The van der Waals surface area contributed by atoms with Crippen LogP contribution in [0.3, 0.4) is 0 Å². The normalized spacial score (nSPS) is 11.6. The van der Waals surface area contributed by atoms with Gasteiger partial charge >= 0.3 is 0 Å². The quantitative estimate of drug-likeness (QED) is 0.572. The van der Waals surface area contributed by atoms with E-state index in [1.807, 2.05) is 18.2 Å². The van der Waals surface area contributed by atoms with Crippen molar-refractivity contribution in [3.63, 3.8) is 0 Å². The predicted molar refractivity (Wildman–Crippen MR) is 112 cm³/mol. The summed E-state index contributed by atoms with van der Waals surface area (Å²) in [6, 6.07) is 12.8. The van der Waals surface area contributed by atoms with Crippen molar-refractivity contribution in [2.24, 2.45) is 5.92 Å². The SMILES string of the molecule is CCCC(CCC(C)C)c1cc(C#N)ccc1C#Cc1ccc(O)cc1Cl. The van der Waals surface area contributed by atoms with Crippen molar-refractivity contribution in [2.75, 3.05) is 0 Å². The first-order chi connectivity index (χ1) is 12.9. The van der Waals surface area contributed by atoms with Crippen molar-refractivity contribution in [3.8, 4) is 23.7 Å². The van der Waals surface area contributed by atoms with Crippen LogP contribution in [0, 0.1) is 29.1 Å². The first-order valence-electron chi connectivity index (χ1n) is 9.49. The molecule has 0 heterocycles. The fourth-order valence-electron chi connectivity index (χ4n) is 3.16. The van der Waals surface area contributed by atoms with Crippen LogP contribution in [0.15, 0.2) is 36.4 Å². The van der Waals surface area contributed by atoms with Gasteiger partial charge in [-0.15, -0.1) is 0 Å². The number of phenolic OH excluding ortho intramolecular Hbond substituents is 1. The molecule has 0 aliphatic rings. The van der Waals surface area contributed by atoms with E-state index in [9.17, 15) is 10.4 Å². The second-order valence-electron chi connectivity index (χ2n) is 7.28. The minimum Gasteiger partial charge on any atom is -0.508 e. The maximum absolute atomic E-state index is 9.50. The van der Waals surface area contributed by atoms with E-state index in [0.717, 1.165) is 36.8 Å². The van der Waals surface area contributed by atoms with Gasteiger partial charge in [0, 0.05) is 11.1 Å². The lowest BCUT2D eigenvalue weighted by molar-refractivity contribution is 0.475. The highest BCUT2D eigenvalue weighted by molar-refractivity contribution is 6.31. The Morgan fingerprint density at radius 2 is 1.70 bits per heavy atom. The van der Waals surface area contributed by atoms with E-state index in [-0.39, 0.29) is 5.75 Å². The lowest BCUT2D eigenvalue weighted by Gasteiger charge is -2.20. The molecule has 1 N–H and O–H groups in total. The largest absolute Gasteiger partial charge is 0.508 e. The summed E-state index contributed by atoms with van der Waals surface area (Å²) < 4.78 is 0. The van der Waals surface area contributed by atoms with Crippen molar-refractivity contribution < 1.29 is 5.11 Å². The van der Waals surface area contributed by atoms with Crippen LogP contribution < -0.4 is 0 Å². The Hall–Kier alpha value is -2.42. The molecule has 0 aliphatic heterocycles. The Morgan fingerprint density at radius 3 is 2.33 bits per heavy atom. The number of rotatable bonds is 6. The van der Waals surface area contributed by atoms with E-state index in [4.69, 9.17) is 11.6 Å². The van der Waals surface area contributed by atoms with Gasteiger partial charge in [0.05, 0.1) is 16.7 Å². The zero-order chi connectivity index (χ0) is 19.8. The zero-order valence-electron chi connectivity index (χ0n) is 16.2. The van der Waals surface area contributed by atoms with Crippen LogP contribution in [0.25, 0.3) is 0 Å². The van der Waals surface area contributed by atoms with Crippen LogP contribution in [0.4, 0.5) is 0 Å². The molecule has 27 heavy (non-hydrogen) atoms. The van der Waals surface area contributed by atoms with Gasteiger partial charge in [-0.2, -0.15) is 5.26 Å². The van der Waals surface area contributed by atoms with E-state index >= 15 is 0 Å². The maximum Gasteiger partial charge on any atom is 0.117 e. The summed E-state index contributed by atoms with van der Waals surface area (Å²) in [5, 5.41) is 19.3. The summed E-state index contributed by atoms with van der Waals surface area (Å²) >= 11 is 6.17. The van der Waals surface area contributed by atoms with Gasteiger partial charge in [0.15, 0.2) is 0 Å². The molecule has 140 valence electrons. The minimum atomic E-state index is 0.126. The van der Waals surface area contributed by atoms with Gasteiger partial charge in [-0.05, 0) is 66.6 Å². The lowest BCUT2D eigenvalue weighted by atomic mass is 9.84. The molecule has 1 atom stereocenters. The Kier molecular flexibility index (Phi) is 7.78. The van der Waals surface area contributed by atoms with Gasteiger partial charge in [0.1, 0.15) is 5.75 Å². The summed E-state index contributed by atoms with van der Waals surface area (Å²) in [5.74, 6) is 7.53. The number of hydrogen-bond acceptors (Lipinski definition) is 2. The molecule has 2 rings (SSSR count). The summed E-state index contributed by atoms with van der Waals surface area (Å²) in [4.78, 5) is 0. The van der Waals surface area contributed by atoms with Gasteiger partial charge < -0.3 is 5.11 Å². The topological polar surface area (TPSA) is 44.0 Å². The van der Waals surface area contributed by atoms with Gasteiger partial charge in [-0.25, -0.2) is 0 Å². The number of nitrogens with zero attached hydrogens (tertiary/aromatic N) is 1. The molecular formula is C24H26ClNO. The van der Waals surface area contributed by atoms with Gasteiger partial charge in [0.2, 0.25) is 0 Å². The molecule has 2 aromatic rings. The molecule has 0 bridgehead atoms. The van der Waals surface area contributed by atoms with Crippen molar-refractivity contribution in [1.29, 1.82) is 5.26 Å².